The fourth-order valence-corrected chi connectivity index (χ4v) is 7.21. The van der Waals surface area contributed by atoms with E-state index in [1.54, 1.807) is 12.5 Å². The Morgan fingerprint density at radius 3 is 2.45 bits per heavy atom. The number of sulfonamides is 1. The van der Waals surface area contributed by atoms with Gasteiger partial charge in [-0.05, 0) is 67.1 Å². The minimum absolute atomic E-state index is 0.105. The third-order valence-electron chi connectivity index (χ3n) is 7.85. The molecule has 0 radical (unpaired) electrons. The van der Waals surface area contributed by atoms with Crippen molar-refractivity contribution < 1.29 is 21.6 Å². The Bertz CT molecular complexity index is 1340. The number of rotatable bonds is 7. The normalized spacial score (nSPS) is 19.5. The summed E-state index contributed by atoms with van der Waals surface area (Å²) in [5.41, 5.74) is 3.00. The smallest absolute Gasteiger partial charge is 0.361 e. The number of hydrogen-bond acceptors (Lipinski definition) is 4. The average molecular weight is 547 g/mol. The molecule has 2 aliphatic rings. The zero-order valence-electron chi connectivity index (χ0n) is 21.4. The minimum Gasteiger partial charge on any atom is -0.361 e. The Labute approximate surface area is 221 Å². The number of nitrogens with one attached hydrogen (secondary N) is 1. The molecule has 204 valence electrons. The predicted molar refractivity (Wildman–Crippen MR) is 140 cm³/mol. The number of anilines is 1. The van der Waals surface area contributed by atoms with Crippen LogP contribution in [0.5, 0.6) is 0 Å². The maximum absolute atomic E-state index is 13.8. The molecule has 1 fully saturated rings. The van der Waals surface area contributed by atoms with Gasteiger partial charge in [0.15, 0.2) is 0 Å². The van der Waals surface area contributed by atoms with Crippen LogP contribution in [0.3, 0.4) is 0 Å². The first kappa shape index (κ1) is 26.7. The van der Waals surface area contributed by atoms with E-state index < -0.39 is 21.8 Å². The van der Waals surface area contributed by atoms with E-state index in [0.29, 0.717) is 12.5 Å². The zero-order valence-corrected chi connectivity index (χ0v) is 22.2. The summed E-state index contributed by atoms with van der Waals surface area (Å²) in [6.45, 7) is 2.97. The lowest BCUT2D eigenvalue weighted by Gasteiger charge is -2.34. The number of alkyl halides is 3. The SMILES string of the molecule is Cc1ccc2c(c1)N(Cc1cnc[nH]1)[C@H](CCC1CCCC1)CN(S(=O)(=O)c1ccc(C(F)(F)F)cc1)C2. The van der Waals surface area contributed by atoms with E-state index in [1.807, 2.05) is 19.1 Å². The van der Waals surface area contributed by atoms with Crippen molar-refractivity contribution in [1.82, 2.24) is 14.3 Å². The second-order valence-corrected chi connectivity index (χ2v) is 12.5. The van der Waals surface area contributed by atoms with Crippen molar-refractivity contribution in [3.05, 3.63) is 77.4 Å². The van der Waals surface area contributed by atoms with E-state index in [9.17, 15) is 21.6 Å². The standard InChI is InChI=1S/C28H33F3N4O2S/c1-20-6-8-22-16-34(38(36,37)26-12-9-23(10-13-26)28(29,30)31)18-25(11-7-21-4-2-3-5-21)35(27(22)14-20)17-24-15-32-19-33-24/h6,8-10,12-15,19,21,25H,2-5,7,11,16-18H2,1H3,(H,32,33)/t25-/m1/s1. The van der Waals surface area contributed by atoms with Gasteiger partial charge >= 0.3 is 6.18 Å². The van der Waals surface area contributed by atoms with Gasteiger partial charge < -0.3 is 9.88 Å². The van der Waals surface area contributed by atoms with Gasteiger partial charge in [-0.15, -0.1) is 0 Å². The molecule has 38 heavy (non-hydrogen) atoms. The summed E-state index contributed by atoms with van der Waals surface area (Å²) in [5, 5.41) is 0. The van der Waals surface area contributed by atoms with Crippen LogP contribution in [-0.4, -0.2) is 35.3 Å². The fraction of sp³-hybridized carbons (Fsp3) is 0.464. The molecule has 0 spiro atoms. The maximum atomic E-state index is 13.8. The number of imidazole rings is 1. The number of nitrogens with zero attached hydrogens (tertiary/aromatic N) is 3. The molecule has 0 saturated heterocycles. The average Bonchev–Trinajstić information content (AvgIpc) is 3.57. The van der Waals surface area contributed by atoms with Gasteiger partial charge in [0.05, 0.1) is 29.0 Å². The van der Waals surface area contributed by atoms with E-state index in [4.69, 9.17) is 0 Å². The van der Waals surface area contributed by atoms with E-state index in [2.05, 4.69) is 20.9 Å². The predicted octanol–water partition coefficient (Wildman–Crippen LogP) is 6.29. The molecule has 0 unspecified atom stereocenters. The third kappa shape index (κ3) is 5.76. The molecule has 2 aromatic carbocycles. The molecule has 2 heterocycles. The number of benzene rings is 2. The summed E-state index contributed by atoms with van der Waals surface area (Å²) >= 11 is 0. The molecule has 1 aliphatic carbocycles. The summed E-state index contributed by atoms with van der Waals surface area (Å²) in [4.78, 5) is 9.50. The number of aromatic nitrogens is 2. The van der Waals surface area contributed by atoms with Crippen molar-refractivity contribution in [2.45, 2.75) is 75.7 Å². The van der Waals surface area contributed by atoms with Crippen LogP contribution in [0, 0.1) is 12.8 Å². The molecule has 5 rings (SSSR count). The molecular formula is C28H33F3N4O2S. The molecule has 1 aromatic heterocycles. The summed E-state index contributed by atoms with van der Waals surface area (Å²) in [6.07, 6.45) is 5.62. The first-order chi connectivity index (χ1) is 18.1. The van der Waals surface area contributed by atoms with Gasteiger partial charge in [0.2, 0.25) is 10.0 Å². The van der Waals surface area contributed by atoms with E-state index >= 15 is 0 Å². The van der Waals surface area contributed by atoms with Crippen molar-refractivity contribution >= 4 is 15.7 Å². The van der Waals surface area contributed by atoms with Gasteiger partial charge in [-0.25, -0.2) is 13.4 Å². The molecular weight excluding hydrogens is 513 g/mol. The number of aryl methyl sites for hydroxylation is 1. The van der Waals surface area contributed by atoms with Crippen LogP contribution < -0.4 is 4.90 Å². The molecule has 1 N–H and O–H groups in total. The van der Waals surface area contributed by atoms with Crippen molar-refractivity contribution in [2.24, 2.45) is 5.92 Å². The summed E-state index contributed by atoms with van der Waals surface area (Å²) in [7, 11) is -4.04. The summed E-state index contributed by atoms with van der Waals surface area (Å²) in [6, 6.07) is 9.72. The topological polar surface area (TPSA) is 69.3 Å². The lowest BCUT2D eigenvalue weighted by atomic mass is 9.97. The first-order valence-electron chi connectivity index (χ1n) is 13.1. The van der Waals surface area contributed by atoms with Crippen LogP contribution in [0.1, 0.15) is 60.9 Å². The first-order valence-corrected chi connectivity index (χ1v) is 14.6. The quantitative estimate of drug-likeness (QED) is 0.378. The highest BCUT2D eigenvalue weighted by molar-refractivity contribution is 7.89. The van der Waals surface area contributed by atoms with Crippen LogP contribution >= 0.6 is 0 Å². The van der Waals surface area contributed by atoms with Crippen LogP contribution in [0.2, 0.25) is 0 Å². The molecule has 6 nitrogen and oxygen atoms in total. The van der Waals surface area contributed by atoms with E-state index in [0.717, 1.165) is 59.6 Å². The number of hydrogen-bond donors (Lipinski definition) is 1. The Kier molecular flexibility index (Phi) is 7.55. The van der Waals surface area contributed by atoms with Gasteiger partial charge in [-0.3, -0.25) is 0 Å². The molecule has 1 saturated carbocycles. The molecule has 0 bridgehead atoms. The Hall–Kier alpha value is -2.85. The Morgan fingerprint density at radius 1 is 1.05 bits per heavy atom. The lowest BCUT2D eigenvalue weighted by molar-refractivity contribution is -0.137. The Balaban J connectivity index is 1.52. The van der Waals surface area contributed by atoms with E-state index in [-0.39, 0.29) is 24.0 Å². The number of aromatic amines is 1. The summed E-state index contributed by atoms with van der Waals surface area (Å²) < 4.78 is 68.4. The number of halogens is 3. The van der Waals surface area contributed by atoms with Crippen LogP contribution in [0.25, 0.3) is 0 Å². The molecule has 1 atom stereocenters. The van der Waals surface area contributed by atoms with Crippen LogP contribution in [0.4, 0.5) is 18.9 Å². The molecule has 10 heteroatoms. The van der Waals surface area contributed by atoms with Crippen molar-refractivity contribution in [3.8, 4) is 0 Å². The highest BCUT2D eigenvalue weighted by atomic mass is 32.2. The summed E-state index contributed by atoms with van der Waals surface area (Å²) in [5.74, 6) is 0.643. The van der Waals surface area contributed by atoms with Crippen molar-refractivity contribution in [3.63, 3.8) is 0 Å². The van der Waals surface area contributed by atoms with Gasteiger partial charge in [0, 0.05) is 31.0 Å². The monoisotopic (exact) mass is 546 g/mol. The third-order valence-corrected chi connectivity index (χ3v) is 9.68. The molecule has 3 aromatic rings. The van der Waals surface area contributed by atoms with Gasteiger partial charge in [0.1, 0.15) is 0 Å². The second-order valence-electron chi connectivity index (χ2n) is 10.5. The number of H-pyrrole nitrogens is 1. The highest BCUT2D eigenvalue weighted by Crippen LogP contribution is 2.37. The van der Waals surface area contributed by atoms with E-state index in [1.165, 1.54) is 30.0 Å². The zero-order chi connectivity index (χ0) is 26.9. The maximum Gasteiger partial charge on any atom is 0.416 e. The largest absolute Gasteiger partial charge is 0.416 e. The molecule has 1 aliphatic heterocycles. The number of fused-ring (bicyclic) bond motifs is 1. The van der Waals surface area contributed by atoms with Gasteiger partial charge in [-0.1, -0.05) is 37.8 Å². The fourth-order valence-electron chi connectivity index (χ4n) is 5.75. The lowest BCUT2D eigenvalue weighted by Crippen LogP contribution is -2.43. The Morgan fingerprint density at radius 2 is 1.79 bits per heavy atom. The highest BCUT2D eigenvalue weighted by Gasteiger charge is 2.36. The minimum atomic E-state index is -4.53. The van der Waals surface area contributed by atoms with Crippen LogP contribution in [0.15, 0.2) is 59.9 Å². The second kappa shape index (κ2) is 10.7. The van der Waals surface area contributed by atoms with Crippen LogP contribution in [-0.2, 0) is 29.3 Å². The van der Waals surface area contributed by atoms with Crippen molar-refractivity contribution in [2.75, 3.05) is 11.4 Å². The van der Waals surface area contributed by atoms with Gasteiger partial charge in [0.25, 0.3) is 0 Å². The van der Waals surface area contributed by atoms with Crippen molar-refractivity contribution in [1.29, 1.82) is 0 Å². The molecule has 0 amide bonds. The van der Waals surface area contributed by atoms with Gasteiger partial charge in [-0.2, -0.15) is 17.5 Å².